The number of aromatic nitrogens is 4. The number of nitrogens with zero attached hydrogens (tertiary/aromatic N) is 3. The van der Waals surface area contributed by atoms with Gasteiger partial charge < -0.3 is 4.57 Å². The van der Waals surface area contributed by atoms with E-state index in [1.165, 1.54) is 4.57 Å². The maximum Gasteiger partial charge on any atom is 0.330 e. The minimum absolute atomic E-state index is 0.142. The number of rotatable bonds is 5. The lowest BCUT2D eigenvalue weighted by Crippen LogP contribution is -2.35. The standard InChI is InChI=1S/C18H22N4O2/c1-4-10-21-17(23)14-16(20-18(21)24)22(15(19-14)12(2)3)11-13-8-6-5-7-9-13/h5-9,12H,4,10-11H2,1-3H3,(H,20,24). The van der Waals surface area contributed by atoms with Gasteiger partial charge in [0, 0.05) is 12.5 Å². The van der Waals surface area contributed by atoms with E-state index in [0.717, 1.165) is 17.8 Å². The second kappa shape index (κ2) is 6.47. The molecule has 24 heavy (non-hydrogen) atoms. The Morgan fingerprint density at radius 1 is 1.12 bits per heavy atom. The molecule has 1 N–H and O–H groups in total. The number of benzene rings is 1. The van der Waals surface area contributed by atoms with Crippen molar-refractivity contribution in [3.8, 4) is 0 Å². The van der Waals surface area contributed by atoms with Gasteiger partial charge in [0.05, 0.1) is 6.54 Å². The second-order valence-corrected chi connectivity index (χ2v) is 6.28. The molecule has 0 aliphatic rings. The van der Waals surface area contributed by atoms with Crippen LogP contribution in [0.5, 0.6) is 0 Å². The van der Waals surface area contributed by atoms with E-state index in [-0.39, 0.29) is 17.2 Å². The summed E-state index contributed by atoms with van der Waals surface area (Å²) in [5.41, 5.74) is 1.24. The average molecular weight is 326 g/mol. The molecule has 0 atom stereocenters. The van der Waals surface area contributed by atoms with Gasteiger partial charge in [-0.3, -0.25) is 14.3 Å². The molecule has 0 aliphatic carbocycles. The smallest absolute Gasteiger partial charge is 0.309 e. The Morgan fingerprint density at radius 2 is 1.83 bits per heavy atom. The maximum absolute atomic E-state index is 12.6. The molecule has 126 valence electrons. The fourth-order valence-corrected chi connectivity index (χ4v) is 2.93. The highest BCUT2D eigenvalue weighted by atomic mass is 16.2. The average Bonchev–Trinajstić information content (AvgIpc) is 2.91. The summed E-state index contributed by atoms with van der Waals surface area (Å²) >= 11 is 0. The number of imidazole rings is 1. The molecule has 0 fully saturated rings. The predicted octanol–water partition coefficient (Wildman–Crippen LogP) is 2.47. The van der Waals surface area contributed by atoms with E-state index < -0.39 is 0 Å². The highest BCUT2D eigenvalue weighted by Gasteiger charge is 2.19. The summed E-state index contributed by atoms with van der Waals surface area (Å²) < 4.78 is 3.17. The number of hydrogen-bond acceptors (Lipinski definition) is 3. The Hall–Kier alpha value is -2.63. The van der Waals surface area contributed by atoms with Crippen LogP contribution in [0, 0.1) is 0 Å². The van der Waals surface area contributed by atoms with E-state index in [9.17, 15) is 9.59 Å². The van der Waals surface area contributed by atoms with Crippen LogP contribution in [0.15, 0.2) is 39.9 Å². The molecule has 0 unspecified atom stereocenters. The Balaban J connectivity index is 2.25. The third kappa shape index (κ3) is 2.79. The van der Waals surface area contributed by atoms with Gasteiger partial charge in [-0.2, -0.15) is 0 Å². The van der Waals surface area contributed by atoms with Gasteiger partial charge in [0.2, 0.25) is 0 Å². The molecule has 1 aromatic carbocycles. The molecular formula is C18H22N4O2. The molecule has 0 saturated carbocycles. The van der Waals surface area contributed by atoms with E-state index >= 15 is 0 Å². The normalized spacial score (nSPS) is 11.5. The van der Waals surface area contributed by atoms with Gasteiger partial charge in [0.25, 0.3) is 5.56 Å². The van der Waals surface area contributed by atoms with Crippen LogP contribution in [0.3, 0.4) is 0 Å². The van der Waals surface area contributed by atoms with Crippen molar-refractivity contribution in [2.24, 2.45) is 0 Å². The number of H-pyrrole nitrogens is 1. The fourth-order valence-electron chi connectivity index (χ4n) is 2.93. The Bertz CT molecular complexity index is 964. The summed E-state index contributed by atoms with van der Waals surface area (Å²) in [6, 6.07) is 9.95. The van der Waals surface area contributed by atoms with Crippen molar-refractivity contribution in [2.45, 2.75) is 46.2 Å². The van der Waals surface area contributed by atoms with Crippen LogP contribution in [0.4, 0.5) is 0 Å². The van der Waals surface area contributed by atoms with E-state index in [4.69, 9.17) is 0 Å². The first-order valence-electron chi connectivity index (χ1n) is 8.30. The largest absolute Gasteiger partial charge is 0.330 e. The predicted molar refractivity (Wildman–Crippen MR) is 94.5 cm³/mol. The highest BCUT2D eigenvalue weighted by Crippen LogP contribution is 2.19. The maximum atomic E-state index is 12.6. The third-order valence-corrected chi connectivity index (χ3v) is 4.06. The molecule has 0 spiro atoms. The lowest BCUT2D eigenvalue weighted by Gasteiger charge is -2.11. The monoisotopic (exact) mass is 326 g/mol. The zero-order valence-corrected chi connectivity index (χ0v) is 14.2. The van der Waals surface area contributed by atoms with Gasteiger partial charge in [-0.15, -0.1) is 0 Å². The zero-order chi connectivity index (χ0) is 17.3. The Kier molecular flexibility index (Phi) is 4.38. The van der Waals surface area contributed by atoms with Gasteiger partial charge in [-0.1, -0.05) is 51.1 Å². The summed E-state index contributed by atoms with van der Waals surface area (Å²) in [6.45, 7) is 6.96. The molecule has 3 aromatic rings. The number of fused-ring (bicyclic) bond motifs is 1. The second-order valence-electron chi connectivity index (χ2n) is 6.28. The summed E-state index contributed by atoms with van der Waals surface area (Å²) in [5, 5.41) is 0. The van der Waals surface area contributed by atoms with Crippen LogP contribution in [0.2, 0.25) is 0 Å². The van der Waals surface area contributed by atoms with Crippen molar-refractivity contribution in [1.29, 1.82) is 0 Å². The van der Waals surface area contributed by atoms with Crippen LogP contribution in [0.1, 0.15) is 44.5 Å². The quantitative estimate of drug-likeness (QED) is 0.783. The van der Waals surface area contributed by atoms with Gasteiger partial charge in [-0.25, -0.2) is 9.78 Å². The van der Waals surface area contributed by atoms with Crippen molar-refractivity contribution < 1.29 is 0 Å². The first-order chi connectivity index (χ1) is 11.5. The van der Waals surface area contributed by atoms with E-state index in [1.807, 2.05) is 55.7 Å². The fraction of sp³-hybridized carbons (Fsp3) is 0.389. The van der Waals surface area contributed by atoms with Crippen molar-refractivity contribution in [1.82, 2.24) is 19.1 Å². The highest BCUT2D eigenvalue weighted by molar-refractivity contribution is 5.70. The van der Waals surface area contributed by atoms with E-state index in [2.05, 4.69) is 9.97 Å². The van der Waals surface area contributed by atoms with Crippen LogP contribution >= 0.6 is 0 Å². The first-order valence-corrected chi connectivity index (χ1v) is 8.30. The molecule has 2 aromatic heterocycles. The lowest BCUT2D eigenvalue weighted by atomic mass is 10.2. The number of aromatic amines is 1. The van der Waals surface area contributed by atoms with E-state index in [0.29, 0.717) is 24.3 Å². The molecular weight excluding hydrogens is 304 g/mol. The summed E-state index contributed by atoms with van der Waals surface area (Å²) in [6.07, 6.45) is 0.719. The van der Waals surface area contributed by atoms with Crippen LogP contribution in [-0.4, -0.2) is 19.1 Å². The molecule has 6 nitrogen and oxygen atoms in total. The van der Waals surface area contributed by atoms with Crippen LogP contribution < -0.4 is 11.2 Å². The molecule has 0 amide bonds. The van der Waals surface area contributed by atoms with Gasteiger partial charge in [0.15, 0.2) is 5.52 Å². The van der Waals surface area contributed by atoms with Gasteiger partial charge in [-0.05, 0) is 12.0 Å². The first kappa shape index (κ1) is 16.2. The molecule has 3 rings (SSSR count). The third-order valence-electron chi connectivity index (χ3n) is 4.06. The number of nitrogens with one attached hydrogen (secondary N) is 1. The minimum Gasteiger partial charge on any atom is -0.309 e. The molecule has 0 bridgehead atoms. The summed E-state index contributed by atoms with van der Waals surface area (Å²) in [5.74, 6) is 0.944. The van der Waals surface area contributed by atoms with E-state index in [1.54, 1.807) is 0 Å². The van der Waals surface area contributed by atoms with Crippen LogP contribution in [-0.2, 0) is 13.1 Å². The van der Waals surface area contributed by atoms with Crippen molar-refractivity contribution in [2.75, 3.05) is 0 Å². The summed E-state index contributed by atoms with van der Waals surface area (Å²) in [7, 11) is 0. The van der Waals surface area contributed by atoms with Gasteiger partial charge >= 0.3 is 5.69 Å². The number of hydrogen-bond donors (Lipinski definition) is 1. The van der Waals surface area contributed by atoms with Crippen molar-refractivity contribution in [3.05, 3.63) is 62.6 Å². The molecule has 0 saturated heterocycles. The molecule has 2 heterocycles. The van der Waals surface area contributed by atoms with Gasteiger partial charge in [0.1, 0.15) is 11.5 Å². The van der Waals surface area contributed by atoms with Crippen molar-refractivity contribution >= 4 is 11.2 Å². The Labute approximate surface area is 139 Å². The molecule has 0 aliphatic heterocycles. The minimum atomic E-state index is -0.376. The Morgan fingerprint density at radius 3 is 2.46 bits per heavy atom. The summed E-state index contributed by atoms with van der Waals surface area (Å²) in [4.78, 5) is 32.3. The van der Waals surface area contributed by atoms with Crippen LogP contribution in [0.25, 0.3) is 11.2 Å². The lowest BCUT2D eigenvalue weighted by molar-refractivity contribution is 0.619. The SMILES string of the molecule is CCCn1c(=O)[nH]c2c(nc(C(C)C)n2Cc2ccccc2)c1=O. The topological polar surface area (TPSA) is 72.7 Å². The molecule has 0 radical (unpaired) electrons. The molecule has 6 heteroatoms. The van der Waals surface area contributed by atoms with Crippen molar-refractivity contribution in [3.63, 3.8) is 0 Å². The zero-order valence-electron chi connectivity index (χ0n) is 14.2.